The SMILES string of the molecule is CCc1nc(CN2CCC(CNC(=NC)N3CCSC(C(C)C)C3)CC2)cs1.I. The first-order valence-corrected chi connectivity index (χ1v) is 12.7. The Balaban J connectivity index is 0.00000300. The van der Waals surface area contributed by atoms with Gasteiger partial charge in [0.1, 0.15) is 0 Å². The predicted octanol–water partition coefficient (Wildman–Crippen LogP) is 4.18. The molecule has 0 aromatic carbocycles. The third kappa shape index (κ3) is 7.54. The highest BCUT2D eigenvalue weighted by Gasteiger charge is 2.26. The van der Waals surface area contributed by atoms with E-state index in [4.69, 9.17) is 4.98 Å². The number of thiazole rings is 1. The highest BCUT2D eigenvalue weighted by molar-refractivity contribution is 14.0. The van der Waals surface area contributed by atoms with Gasteiger partial charge in [0, 0.05) is 49.6 Å². The zero-order chi connectivity index (χ0) is 19.9. The number of likely N-dealkylation sites (tertiary alicyclic amines) is 1. The quantitative estimate of drug-likeness (QED) is 0.327. The second-order valence-electron chi connectivity index (χ2n) is 8.33. The van der Waals surface area contributed by atoms with Crippen LogP contribution in [0.2, 0.25) is 0 Å². The topological polar surface area (TPSA) is 43.8 Å². The van der Waals surface area contributed by atoms with Crippen molar-refractivity contribution >= 4 is 53.0 Å². The summed E-state index contributed by atoms with van der Waals surface area (Å²) in [6, 6.07) is 0. The molecule has 29 heavy (non-hydrogen) atoms. The number of aliphatic imine (C=N–C) groups is 1. The maximum Gasteiger partial charge on any atom is 0.193 e. The molecule has 3 rings (SSSR count). The van der Waals surface area contributed by atoms with E-state index in [1.165, 1.54) is 42.4 Å². The van der Waals surface area contributed by atoms with Gasteiger partial charge in [-0.05, 0) is 44.2 Å². The number of aryl methyl sites for hydroxylation is 1. The molecule has 0 bridgehead atoms. The first-order valence-electron chi connectivity index (χ1n) is 10.8. The summed E-state index contributed by atoms with van der Waals surface area (Å²) in [5.41, 5.74) is 1.25. The van der Waals surface area contributed by atoms with Crippen LogP contribution in [0.25, 0.3) is 0 Å². The number of nitrogens with zero attached hydrogens (tertiary/aromatic N) is 4. The molecule has 0 aliphatic carbocycles. The molecule has 2 saturated heterocycles. The lowest BCUT2D eigenvalue weighted by molar-refractivity contribution is 0.176. The Hall–Kier alpha value is -0.0600. The van der Waals surface area contributed by atoms with Crippen molar-refractivity contribution in [2.75, 3.05) is 45.5 Å². The number of nitrogens with one attached hydrogen (secondary N) is 1. The fourth-order valence-corrected chi connectivity index (χ4v) is 6.04. The van der Waals surface area contributed by atoms with Gasteiger partial charge in [0.05, 0.1) is 10.7 Å². The molecule has 0 saturated carbocycles. The van der Waals surface area contributed by atoms with E-state index in [9.17, 15) is 0 Å². The molecule has 8 heteroatoms. The Morgan fingerprint density at radius 1 is 1.31 bits per heavy atom. The number of rotatable bonds is 6. The molecule has 2 aliphatic rings. The van der Waals surface area contributed by atoms with Gasteiger partial charge in [-0.15, -0.1) is 35.3 Å². The number of halogens is 1. The van der Waals surface area contributed by atoms with E-state index in [1.54, 1.807) is 11.3 Å². The molecule has 1 atom stereocenters. The predicted molar refractivity (Wildman–Crippen MR) is 139 cm³/mol. The average molecular weight is 552 g/mol. The van der Waals surface area contributed by atoms with Gasteiger partial charge in [0.2, 0.25) is 0 Å². The standard InChI is InChI=1S/C21H37N5S2.HI/c1-5-20-24-18(15-28-20)13-25-8-6-17(7-9-25)12-23-21(22-4)26-10-11-27-19(14-26)16(2)3;/h15-17,19H,5-14H2,1-4H3,(H,22,23);1H. The van der Waals surface area contributed by atoms with Crippen LogP contribution in [-0.2, 0) is 13.0 Å². The van der Waals surface area contributed by atoms with Crippen molar-refractivity contribution in [3.63, 3.8) is 0 Å². The second-order valence-corrected chi connectivity index (χ2v) is 10.6. The molecule has 1 aromatic rings. The van der Waals surface area contributed by atoms with Crippen LogP contribution in [0.5, 0.6) is 0 Å². The van der Waals surface area contributed by atoms with Gasteiger partial charge in [-0.1, -0.05) is 20.8 Å². The third-order valence-electron chi connectivity index (χ3n) is 5.89. The Kier molecular flexibility index (Phi) is 11.0. The Morgan fingerprint density at radius 2 is 2.07 bits per heavy atom. The van der Waals surface area contributed by atoms with Crippen molar-refractivity contribution in [2.45, 2.75) is 51.8 Å². The van der Waals surface area contributed by atoms with Crippen LogP contribution in [0.15, 0.2) is 10.4 Å². The van der Waals surface area contributed by atoms with Gasteiger partial charge in [-0.2, -0.15) is 11.8 Å². The number of aromatic nitrogens is 1. The Morgan fingerprint density at radius 3 is 2.69 bits per heavy atom. The summed E-state index contributed by atoms with van der Waals surface area (Å²) in [7, 11) is 1.93. The third-order valence-corrected chi connectivity index (χ3v) is 8.47. The smallest absolute Gasteiger partial charge is 0.193 e. The highest BCUT2D eigenvalue weighted by Crippen LogP contribution is 2.25. The van der Waals surface area contributed by atoms with Gasteiger partial charge < -0.3 is 10.2 Å². The van der Waals surface area contributed by atoms with E-state index in [0.29, 0.717) is 0 Å². The van der Waals surface area contributed by atoms with E-state index in [1.807, 2.05) is 7.05 Å². The van der Waals surface area contributed by atoms with Gasteiger partial charge >= 0.3 is 0 Å². The van der Waals surface area contributed by atoms with Crippen LogP contribution in [0.3, 0.4) is 0 Å². The first-order chi connectivity index (χ1) is 13.6. The van der Waals surface area contributed by atoms with Crippen molar-refractivity contribution in [3.05, 3.63) is 16.1 Å². The monoisotopic (exact) mass is 551 g/mol. The van der Waals surface area contributed by atoms with Crippen LogP contribution < -0.4 is 5.32 Å². The zero-order valence-corrected chi connectivity index (χ0v) is 22.4. The molecule has 166 valence electrons. The van der Waals surface area contributed by atoms with Gasteiger partial charge in [-0.25, -0.2) is 4.98 Å². The van der Waals surface area contributed by atoms with Crippen molar-refractivity contribution < 1.29 is 0 Å². The minimum Gasteiger partial charge on any atom is -0.356 e. The molecule has 1 aromatic heterocycles. The number of hydrogen-bond acceptors (Lipinski definition) is 5. The molecule has 0 radical (unpaired) electrons. The fourth-order valence-electron chi connectivity index (χ4n) is 4.00. The Labute approximate surface area is 202 Å². The van der Waals surface area contributed by atoms with E-state index in [0.717, 1.165) is 55.6 Å². The summed E-state index contributed by atoms with van der Waals surface area (Å²) in [4.78, 5) is 14.3. The summed E-state index contributed by atoms with van der Waals surface area (Å²) in [6.07, 6.45) is 3.58. The minimum atomic E-state index is 0. The lowest BCUT2D eigenvalue weighted by Crippen LogP contribution is -2.50. The molecule has 1 N–H and O–H groups in total. The molecule has 5 nitrogen and oxygen atoms in total. The summed E-state index contributed by atoms with van der Waals surface area (Å²) >= 11 is 3.92. The van der Waals surface area contributed by atoms with E-state index in [-0.39, 0.29) is 24.0 Å². The van der Waals surface area contributed by atoms with Crippen LogP contribution in [0, 0.1) is 11.8 Å². The minimum absolute atomic E-state index is 0. The molecular weight excluding hydrogens is 513 g/mol. The first kappa shape index (κ1) is 25.2. The van der Waals surface area contributed by atoms with E-state index >= 15 is 0 Å². The fraction of sp³-hybridized carbons (Fsp3) is 0.810. The number of guanidine groups is 1. The summed E-state index contributed by atoms with van der Waals surface area (Å²) in [5, 5.41) is 7.89. The number of hydrogen-bond donors (Lipinski definition) is 1. The summed E-state index contributed by atoms with van der Waals surface area (Å²) < 4.78 is 0. The van der Waals surface area contributed by atoms with Crippen molar-refractivity contribution in [1.82, 2.24) is 20.1 Å². The van der Waals surface area contributed by atoms with Gasteiger partial charge in [0.15, 0.2) is 5.96 Å². The lowest BCUT2D eigenvalue weighted by atomic mass is 9.97. The Bertz CT molecular complexity index is 628. The largest absolute Gasteiger partial charge is 0.356 e. The van der Waals surface area contributed by atoms with Crippen LogP contribution >= 0.6 is 47.1 Å². The maximum absolute atomic E-state index is 4.72. The van der Waals surface area contributed by atoms with E-state index < -0.39 is 0 Å². The molecule has 0 spiro atoms. The molecule has 2 fully saturated rings. The summed E-state index contributed by atoms with van der Waals surface area (Å²) in [5.74, 6) is 3.78. The molecular formula is C21H38IN5S2. The van der Waals surface area contributed by atoms with Crippen molar-refractivity contribution in [3.8, 4) is 0 Å². The van der Waals surface area contributed by atoms with Crippen LogP contribution in [0.1, 0.15) is 44.3 Å². The van der Waals surface area contributed by atoms with Crippen molar-refractivity contribution in [1.29, 1.82) is 0 Å². The van der Waals surface area contributed by atoms with Crippen molar-refractivity contribution in [2.24, 2.45) is 16.8 Å². The summed E-state index contributed by atoms with van der Waals surface area (Å²) in [6.45, 7) is 13.5. The lowest BCUT2D eigenvalue weighted by Gasteiger charge is -2.37. The molecule has 1 unspecified atom stereocenters. The molecule has 2 aliphatic heterocycles. The maximum atomic E-state index is 4.72. The zero-order valence-electron chi connectivity index (χ0n) is 18.4. The van der Waals surface area contributed by atoms with Gasteiger partial charge in [-0.3, -0.25) is 9.89 Å². The van der Waals surface area contributed by atoms with Gasteiger partial charge in [0.25, 0.3) is 0 Å². The van der Waals surface area contributed by atoms with Crippen LogP contribution in [0.4, 0.5) is 0 Å². The second kappa shape index (κ2) is 12.7. The molecule has 0 amide bonds. The highest BCUT2D eigenvalue weighted by atomic mass is 127. The number of piperidine rings is 1. The molecule has 3 heterocycles. The average Bonchev–Trinajstić information content (AvgIpc) is 3.17. The van der Waals surface area contributed by atoms with E-state index in [2.05, 4.69) is 58.0 Å². The normalized spacial score (nSPS) is 22.0. The number of thioether (sulfide) groups is 1. The van der Waals surface area contributed by atoms with Crippen LogP contribution in [-0.4, -0.2) is 71.5 Å².